The Balaban J connectivity index is 1.30. The standard InChI is InChI=1S/C30H34N4O5S/c1-21-19-24(39-3)20-22(2)29(21)40(37,38)32-25-8-6-7-23-10-15-34(28(23)25)16-11-27(35)33-17-12-30(36,13-18-33)26-9-4-5-14-31-26/h4-10,14-15,19-20,32,36H,11-13,16-18H2,1-3H3. The number of sulfonamides is 1. The zero-order valence-corrected chi connectivity index (χ0v) is 23.7. The van der Waals surface area contributed by atoms with Crippen molar-refractivity contribution in [2.24, 2.45) is 0 Å². The molecule has 0 spiro atoms. The highest BCUT2D eigenvalue weighted by Gasteiger charge is 2.36. The monoisotopic (exact) mass is 562 g/mol. The molecule has 2 N–H and O–H groups in total. The van der Waals surface area contributed by atoms with E-state index in [1.165, 1.54) is 0 Å². The third-order valence-corrected chi connectivity index (χ3v) is 9.29. The summed E-state index contributed by atoms with van der Waals surface area (Å²) in [5.41, 5.74) is 1.95. The minimum atomic E-state index is -3.89. The molecular weight excluding hydrogens is 528 g/mol. The summed E-state index contributed by atoms with van der Waals surface area (Å²) >= 11 is 0. The predicted octanol–water partition coefficient (Wildman–Crippen LogP) is 4.36. The van der Waals surface area contributed by atoms with Gasteiger partial charge in [-0.05, 0) is 74.2 Å². The summed E-state index contributed by atoms with van der Waals surface area (Å²) in [7, 11) is -2.34. The van der Waals surface area contributed by atoms with Gasteiger partial charge in [-0.3, -0.25) is 14.5 Å². The van der Waals surface area contributed by atoms with E-state index in [1.54, 1.807) is 56.3 Å². The zero-order chi connectivity index (χ0) is 28.5. The Morgan fingerprint density at radius 1 is 1.07 bits per heavy atom. The average molecular weight is 563 g/mol. The van der Waals surface area contributed by atoms with Crippen LogP contribution in [0.5, 0.6) is 5.75 Å². The van der Waals surface area contributed by atoms with Gasteiger partial charge in [0.2, 0.25) is 5.91 Å². The van der Waals surface area contributed by atoms with Gasteiger partial charge >= 0.3 is 0 Å². The molecule has 0 unspecified atom stereocenters. The number of carbonyl (C=O) groups is 1. The molecule has 2 aromatic carbocycles. The van der Waals surface area contributed by atoms with Crippen molar-refractivity contribution < 1.29 is 23.1 Å². The molecule has 0 saturated carbocycles. The van der Waals surface area contributed by atoms with Crippen molar-refractivity contribution in [2.75, 3.05) is 24.9 Å². The van der Waals surface area contributed by atoms with Crippen molar-refractivity contribution in [2.45, 2.75) is 50.2 Å². The van der Waals surface area contributed by atoms with Crippen molar-refractivity contribution in [3.63, 3.8) is 0 Å². The van der Waals surface area contributed by atoms with Crippen LogP contribution in [0.1, 0.15) is 36.1 Å². The number of anilines is 1. The van der Waals surface area contributed by atoms with Crippen LogP contribution in [0.15, 0.2) is 71.9 Å². The van der Waals surface area contributed by atoms with E-state index in [0.29, 0.717) is 66.3 Å². The number of nitrogens with zero attached hydrogens (tertiary/aromatic N) is 3. The largest absolute Gasteiger partial charge is 0.497 e. The number of fused-ring (bicyclic) bond motifs is 1. The van der Waals surface area contributed by atoms with Crippen LogP contribution in [0.25, 0.3) is 10.9 Å². The van der Waals surface area contributed by atoms with E-state index in [1.807, 2.05) is 41.1 Å². The number of nitrogens with one attached hydrogen (secondary N) is 1. The van der Waals surface area contributed by atoms with E-state index in [2.05, 4.69) is 9.71 Å². The van der Waals surface area contributed by atoms with Gasteiger partial charge in [0.15, 0.2) is 0 Å². The van der Waals surface area contributed by atoms with Crippen LogP contribution in [0.3, 0.4) is 0 Å². The Morgan fingerprint density at radius 2 is 1.80 bits per heavy atom. The Morgan fingerprint density at radius 3 is 2.45 bits per heavy atom. The molecule has 2 aromatic heterocycles. The molecule has 1 amide bonds. The van der Waals surface area contributed by atoms with Crippen molar-refractivity contribution in [3.05, 3.63) is 83.8 Å². The number of aliphatic hydroxyl groups is 1. The number of amides is 1. The van der Waals surface area contributed by atoms with E-state index < -0.39 is 15.6 Å². The number of rotatable bonds is 8. The minimum Gasteiger partial charge on any atom is -0.497 e. The van der Waals surface area contributed by atoms with Gasteiger partial charge in [0.1, 0.15) is 11.4 Å². The summed E-state index contributed by atoms with van der Waals surface area (Å²) < 4.78 is 37.0. The van der Waals surface area contributed by atoms with E-state index in [0.717, 1.165) is 5.39 Å². The van der Waals surface area contributed by atoms with Crippen LogP contribution >= 0.6 is 0 Å². The first-order valence-electron chi connectivity index (χ1n) is 13.3. The third-order valence-electron chi connectivity index (χ3n) is 7.62. The van der Waals surface area contributed by atoms with Crippen LogP contribution in [0.4, 0.5) is 5.69 Å². The van der Waals surface area contributed by atoms with Crippen LogP contribution in [-0.2, 0) is 27.0 Å². The van der Waals surface area contributed by atoms with Crippen LogP contribution < -0.4 is 9.46 Å². The number of benzene rings is 2. The fourth-order valence-electron chi connectivity index (χ4n) is 5.57. The van der Waals surface area contributed by atoms with Gasteiger partial charge in [0.05, 0.1) is 28.9 Å². The lowest BCUT2D eigenvalue weighted by molar-refractivity contribution is -0.136. The summed E-state index contributed by atoms with van der Waals surface area (Å²) in [6.45, 7) is 4.78. The van der Waals surface area contributed by atoms with Gasteiger partial charge in [0, 0.05) is 43.8 Å². The first-order valence-corrected chi connectivity index (χ1v) is 14.8. The average Bonchev–Trinajstić information content (AvgIpc) is 3.36. The second-order valence-corrected chi connectivity index (χ2v) is 11.9. The molecule has 0 bridgehead atoms. The van der Waals surface area contributed by atoms with Crippen molar-refractivity contribution >= 4 is 32.5 Å². The Kier molecular flexibility index (Phi) is 7.57. The number of ether oxygens (including phenoxy) is 1. The molecule has 1 fully saturated rings. The van der Waals surface area contributed by atoms with Crippen LogP contribution in [0, 0.1) is 13.8 Å². The fraction of sp³-hybridized carbons (Fsp3) is 0.333. The molecule has 0 radical (unpaired) electrons. The minimum absolute atomic E-state index is 0.00698. The van der Waals surface area contributed by atoms with Crippen molar-refractivity contribution in [1.29, 1.82) is 0 Å². The van der Waals surface area contributed by atoms with Gasteiger partial charge in [-0.2, -0.15) is 0 Å². The van der Waals surface area contributed by atoms with Crippen LogP contribution in [-0.4, -0.2) is 54.1 Å². The molecule has 1 saturated heterocycles. The first-order chi connectivity index (χ1) is 19.1. The number of para-hydroxylation sites is 1. The van der Waals surface area contributed by atoms with E-state index in [4.69, 9.17) is 4.74 Å². The lowest BCUT2D eigenvalue weighted by atomic mass is 9.87. The van der Waals surface area contributed by atoms with Crippen molar-refractivity contribution in [3.8, 4) is 5.75 Å². The Hall–Kier alpha value is -3.89. The van der Waals surface area contributed by atoms with E-state index in [-0.39, 0.29) is 17.2 Å². The van der Waals surface area contributed by atoms with Gasteiger partial charge in [-0.25, -0.2) is 8.42 Å². The number of carbonyl (C=O) groups excluding carboxylic acids is 1. The molecule has 5 rings (SSSR count). The number of aromatic nitrogens is 2. The number of hydrogen-bond acceptors (Lipinski definition) is 6. The van der Waals surface area contributed by atoms with Gasteiger partial charge in [0.25, 0.3) is 10.0 Å². The highest BCUT2D eigenvalue weighted by molar-refractivity contribution is 7.92. The SMILES string of the molecule is COc1cc(C)c(S(=O)(=O)Nc2cccc3ccn(CCC(=O)N4CCC(O)(c5ccccn5)CC4)c23)c(C)c1. The first kappa shape index (κ1) is 27.7. The van der Waals surface area contributed by atoms with Crippen LogP contribution in [0.2, 0.25) is 0 Å². The second kappa shape index (κ2) is 10.9. The molecule has 40 heavy (non-hydrogen) atoms. The number of pyridine rings is 1. The molecule has 1 aliphatic rings. The van der Waals surface area contributed by atoms with Gasteiger partial charge in [-0.15, -0.1) is 0 Å². The lowest BCUT2D eigenvalue weighted by Gasteiger charge is -2.37. The van der Waals surface area contributed by atoms with Crippen molar-refractivity contribution in [1.82, 2.24) is 14.5 Å². The Labute approximate surface area is 234 Å². The summed E-state index contributed by atoms with van der Waals surface area (Å²) in [5.74, 6) is 0.595. The number of piperidine rings is 1. The highest BCUT2D eigenvalue weighted by atomic mass is 32.2. The molecule has 0 atom stereocenters. The normalized spacial score (nSPS) is 15.2. The number of likely N-dealkylation sites (tertiary alicyclic amines) is 1. The molecule has 210 valence electrons. The Bertz CT molecular complexity index is 1620. The zero-order valence-electron chi connectivity index (χ0n) is 22.9. The maximum Gasteiger partial charge on any atom is 0.262 e. The molecular formula is C30H34N4O5S. The maximum atomic E-state index is 13.5. The predicted molar refractivity (Wildman–Crippen MR) is 154 cm³/mol. The third kappa shape index (κ3) is 5.41. The summed E-state index contributed by atoms with van der Waals surface area (Å²) in [6.07, 6.45) is 4.65. The highest BCUT2D eigenvalue weighted by Crippen LogP contribution is 2.33. The summed E-state index contributed by atoms with van der Waals surface area (Å²) in [4.78, 5) is 19.4. The molecule has 4 aromatic rings. The van der Waals surface area contributed by atoms with E-state index in [9.17, 15) is 18.3 Å². The molecule has 3 heterocycles. The molecule has 9 nitrogen and oxygen atoms in total. The number of aryl methyl sites for hydroxylation is 3. The summed E-state index contributed by atoms with van der Waals surface area (Å²) in [6, 6.07) is 16.3. The van der Waals surface area contributed by atoms with Gasteiger partial charge in [-0.1, -0.05) is 18.2 Å². The van der Waals surface area contributed by atoms with E-state index >= 15 is 0 Å². The second-order valence-electron chi connectivity index (χ2n) is 10.3. The number of hydrogen-bond donors (Lipinski definition) is 2. The molecule has 10 heteroatoms. The fourth-order valence-corrected chi connectivity index (χ4v) is 7.09. The molecule has 0 aliphatic carbocycles. The summed E-state index contributed by atoms with van der Waals surface area (Å²) in [5, 5.41) is 11.9. The van der Waals surface area contributed by atoms with Gasteiger partial charge < -0.3 is 19.3 Å². The molecule has 1 aliphatic heterocycles. The smallest absolute Gasteiger partial charge is 0.262 e. The lowest BCUT2D eigenvalue weighted by Crippen LogP contribution is -2.45. The topological polar surface area (TPSA) is 114 Å². The quantitative estimate of drug-likeness (QED) is 0.330. The number of methoxy groups -OCH3 is 1. The maximum absolute atomic E-state index is 13.5.